The van der Waals surface area contributed by atoms with Gasteiger partial charge in [0.15, 0.2) is 0 Å². The van der Waals surface area contributed by atoms with Crippen LogP contribution >= 0.6 is 0 Å². The molecule has 0 spiro atoms. The fourth-order valence-corrected chi connectivity index (χ4v) is 1.22. The van der Waals surface area contributed by atoms with Crippen molar-refractivity contribution < 1.29 is 30.0 Å². The molecule has 0 aromatic heterocycles. The Balaban J connectivity index is 0. The molecular formula is C17H30O6. The van der Waals surface area contributed by atoms with Gasteiger partial charge in [-0.2, -0.15) is 0 Å². The summed E-state index contributed by atoms with van der Waals surface area (Å²) < 4.78 is 4.50. The van der Waals surface area contributed by atoms with E-state index in [-0.39, 0.29) is 31.2 Å². The van der Waals surface area contributed by atoms with Crippen LogP contribution in [0.2, 0.25) is 0 Å². The fourth-order valence-electron chi connectivity index (χ4n) is 1.22. The summed E-state index contributed by atoms with van der Waals surface area (Å²) in [6.07, 6.45) is -0.170. The van der Waals surface area contributed by atoms with Crippen LogP contribution in [0.1, 0.15) is 37.6 Å². The summed E-state index contributed by atoms with van der Waals surface area (Å²) in [5.74, 6) is -0.263. The van der Waals surface area contributed by atoms with Gasteiger partial charge in [0.1, 0.15) is 0 Å². The number of rotatable bonds is 5. The molecule has 0 amide bonds. The third-order valence-corrected chi connectivity index (χ3v) is 2.82. The van der Waals surface area contributed by atoms with E-state index in [1.54, 1.807) is 24.3 Å². The lowest BCUT2D eigenvalue weighted by Crippen LogP contribution is -2.19. The second-order valence-corrected chi connectivity index (χ2v) is 5.02. The first-order valence-electron chi connectivity index (χ1n) is 7.55. The monoisotopic (exact) mass is 330 g/mol. The van der Waals surface area contributed by atoms with Crippen LogP contribution in [-0.4, -0.2) is 58.9 Å². The Bertz CT molecular complexity index is 372. The smallest absolute Gasteiger partial charge is 0.337 e. The summed E-state index contributed by atoms with van der Waals surface area (Å²) in [5, 5.41) is 33.4. The number of hydrogen-bond acceptors (Lipinski definition) is 6. The number of benzene rings is 1. The minimum absolute atomic E-state index is 0.0278. The molecule has 134 valence electrons. The van der Waals surface area contributed by atoms with Gasteiger partial charge in [-0.25, -0.2) is 4.79 Å². The molecule has 0 heterocycles. The van der Waals surface area contributed by atoms with E-state index in [4.69, 9.17) is 20.4 Å². The first-order valence-corrected chi connectivity index (χ1v) is 7.55. The second kappa shape index (κ2) is 15.4. The van der Waals surface area contributed by atoms with Crippen LogP contribution in [0.5, 0.6) is 0 Å². The van der Waals surface area contributed by atoms with E-state index >= 15 is 0 Å². The molecule has 1 rings (SSSR count). The van der Waals surface area contributed by atoms with Gasteiger partial charge in [0.25, 0.3) is 0 Å². The zero-order valence-corrected chi connectivity index (χ0v) is 14.3. The molecule has 0 fully saturated rings. The molecule has 0 aliphatic rings. The average Bonchev–Trinajstić information content (AvgIpc) is 2.61. The van der Waals surface area contributed by atoms with Crippen LogP contribution in [0.4, 0.5) is 0 Å². The highest BCUT2D eigenvalue weighted by molar-refractivity contribution is 5.89. The molecule has 0 saturated carbocycles. The Morgan fingerprint density at radius 2 is 1.57 bits per heavy atom. The molecule has 0 aliphatic heterocycles. The molecule has 6 heteroatoms. The molecule has 23 heavy (non-hydrogen) atoms. The molecule has 0 bridgehead atoms. The van der Waals surface area contributed by atoms with Crippen LogP contribution in [0, 0.1) is 5.92 Å². The average molecular weight is 330 g/mol. The minimum Gasteiger partial charge on any atom is -0.465 e. The maximum Gasteiger partial charge on any atom is 0.337 e. The lowest BCUT2D eigenvalue weighted by molar-refractivity contribution is 0.0600. The number of carbonyl (C=O) groups is 1. The van der Waals surface area contributed by atoms with Gasteiger partial charge in [-0.1, -0.05) is 32.0 Å². The topological polar surface area (TPSA) is 107 Å². The molecule has 4 N–H and O–H groups in total. The van der Waals surface area contributed by atoms with E-state index in [2.05, 4.69) is 4.74 Å². The van der Waals surface area contributed by atoms with E-state index in [0.29, 0.717) is 5.56 Å². The largest absolute Gasteiger partial charge is 0.465 e. The van der Waals surface area contributed by atoms with Gasteiger partial charge < -0.3 is 25.2 Å². The van der Waals surface area contributed by atoms with Crippen molar-refractivity contribution in [2.24, 2.45) is 5.92 Å². The van der Waals surface area contributed by atoms with Crippen molar-refractivity contribution >= 4 is 5.97 Å². The highest BCUT2D eigenvalue weighted by Crippen LogP contribution is 2.03. The minimum atomic E-state index is -0.560. The van der Waals surface area contributed by atoms with Crippen molar-refractivity contribution in [2.45, 2.75) is 39.4 Å². The summed E-state index contributed by atoms with van der Waals surface area (Å²) >= 11 is 0. The Kier molecular flexibility index (Phi) is 16.0. The Morgan fingerprint density at radius 1 is 1.09 bits per heavy atom. The van der Waals surface area contributed by atoms with Crippen molar-refractivity contribution in [1.29, 1.82) is 0 Å². The highest BCUT2D eigenvalue weighted by atomic mass is 16.5. The number of hydrogen-bond donors (Lipinski definition) is 4. The molecule has 3 unspecified atom stereocenters. The maximum atomic E-state index is 10.8. The summed E-state index contributed by atoms with van der Waals surface area (Å²) in [7, 11) is 1.37. The lowest BCUT2D eigenvalue weighted by Gasteiger charge is -2.12. The van der Waals surface area contributed by atoms with Crippen molar-refractivity contribution in [3.63, 3.8) is 0 Å². The number of aliphatic hydroxyl groups is 4. The van der Waals surface area contributed by atoms with Gasteiger partial charge in [0.2, 0.25) is 0 Å². The number of esters is 1. The SMILES string of the molecule is CC(O)CO.CCC(O)C(C)CO.COC(=O)c1ccccc1. The Morgan fingerprint density at radius 3 is 1.83 bits per heavy atom. The van der Waals surface area contributed by atoms with Gasteiger partial charge in [-0.15, -0.1) is 0 Å². The highest BCUT2D eigenvalue weighted by Gasteiger charge is 2.08. The van der Waals surface area contributed by atoms with Crippen LogP contribution in [0.25, 0.3) is 0 Å². The number of carbonyl (C=O) groups excluding carboxylic acids is 1. The Labute approximate surface area is 138 Å². The summed E-state index contributed by atoms with van der Waals surface area (Å²) in [6, 6.07) is 8.88. The Hall–Kier alpha value is -1.47. The molecule has 6 nitrogen and oxygen atoms in total. The molecule has 1 aromatic rings. The molecule has 0 aliphatic carbocycles. The third kappa shape index (κ3) is 13.9. The van der Waals surface area contributed by atoms with Crippen LogP contribution in [0.15, 0.2) is 30.3 Å². The van der Waals surface area contributed by atoms with Crippen LogP contribution in [0.3, 0.4) is 0 Å². The van der Waals surface area contributed by atoms with Crippen LogP contribution < -0.4 is 0 Å². The number of ether oxygens (including phenoxy) is 1. The van der Waals surface area contributed by atoms with Gasteiger partial charge in [0, 0.05) is 12.5 Å². The van der Waals surface area contributed by atoms with E-state index in [0.717, 1.165) is 6.42 Å². The fraction of sp³-hybridized carbons (Fsp3) is 0.588. The van der Waals surface area contributed by atoms with Crippen molar-refractivity contribution in [3.05, 3.63) is 35.9 Å². The zero-order chi connectivity index (χ0) is 18.3. The maximum absolute atomic E-state index is 10.8. The first-order chi connectivity index (χ1) is 10.8. The second-order valence-electron chi connectivity index (χ2n) is 5.02. The normalized spacial score (nSPS) is 13.4. The molecule has 1 aromatic carbocycles. The lowest BCUT2D eigenvalue weighted by atomic mass is 10.0. The van der Waals surface area contributed by atoms with Crippen molar-refractivity contribution in [3.8, 4) is 0 Å². The summed E-state index contributed by atoms with van der Waals surface area (Å²) in [6.45, 7) is 5.19. The van der Waals surface area contributed by atoms with Gasteiger partial charge in [-0.05, 0) is 25.5 Å². The van der Waals surface area contributed by atoms with Gasteiger partial charge >= 0.3 is 5.97 Å². The van der Waals surface area contributed by atoms with Gasteiger partial charge in [-0.3, -0.25) is 0 Å². The van der Waals surface area contributed by atoms with E-state index in [1.807, 2.05) is 19.9 Å². The molecule has 3 atom stereocenters. The standard InChI is InChI=1S/C8H8O2.C6H14O2.C3H8O2/c1-10-8(9)7-5-3-2-4-6-7;1-3-6(8)5(2)4-7;1-3(5)2-4/h2-6H,1H3;5-8H,3-4H2,1-2H3;3-5H,2H2,1H3. The van der Waals surface area contributed by atoms with Crippen LogP contribution in [-0.2, 0) is 4.74 Å². The number of methoxy groups -OCH3 is 1. The first kappa shape index (κ1) is 23.8. The summed E-state index contributed by atoms with van der Waals surface area (Å²) in [5.41, 5.74) is 0.588. The molecule has 0 saturated heterocycles. The van der Waals surface area contributed by atoms with Crippen molar-refractivity contribution in [2.75, 3.05) is 20.3 Å². The van der Waals surface area contributed by atoms with Crippen molar-refractivity contribution in [1.82, 2.24) is 0 Å². The molecular weight excluding hydrogens is 300 g/mol. The predicted molar refractivity (Wildman–Crippen MR) is 89.1 cm³/mol. The summed E-state index contributed by atoms with van der Waals surface area (Å²) in [4.78, 5) is 10.8. The van der Waals surface area contributed by atoms with E-state index < -0.39 is 6.10 Å². The molecule has 0 radical (unpaired) electrons. The number of aliphatic hydroxyl groups excluding tert-OH is 4. The van der Waals surface area contributed by atoms with E-state index in [9.17, 15) is 4.79 Å². The quantitative estimate of drug-likeness (QED) is 0.605. The predicted octanol–water partition coefficient (Wildman–Crippen LogP) is 1.22. The zero-order valence-electron chi connectivity index (χ0n) is 14.3. The third-order valence-electron chi connectivity index (χ3n) is 2.82. The van der Waals surface area contributed by atoms with Gasteiger partial charge in [0.05, 0.1) is 31.5 Å². The van der Waals surface area contributed by atoms with E-state index in [1.165, 1.54) is 14.0 Å².